The van der Waals surface area contributed by atoms with E-state index in [4.69, 9.17) is 12.0 Å². The van der Waals surface area contributed by atoms with Crippen molar-refractivity contribution in [1.29, 1.82) is 0 Å². The quantitative estimate of drug-likeness (QED) is 0.577. The van der Waals surface area contributed by atoms with Gasteiger partial charge in [0.05, 0.1) is 10.0 Å². The van der Waals surface area contributed by atoms with Gasteiger partial charge in [-0.15, -0.1) is 0 Å². The lowest BCUT2D eigenvalue weighted by Gasteiger charge is -2.04. The fourth-order valence-electron chi connectivity index (χ4n) is 0.434. The molecule has 0 fully saturated rings. The van der Waals surface area contributed by atoms with Crippen LogP contribution in [0.15, 0.2) is 24.2 Å². The predicted molar refractivity (Wildman–Crippen MR) is 34.0 cm³/mol. The molecule has 1 rings (SSSR count). The molecule has 0 saturated heterocycles. The highest BCUT2D eigenvalue weighted by molar-refractivity contribution is 5.72. The summed E-state index contributed by atoms with van der Waals surface area (Å²) in [7, 11) is 0. The van der Waals surface area contributed by atoms with Crippen LogP contribution >= 0.6 is 0 Å². The lowest BCUT2D eigenvalue weighted by Crippen LogP contribution is -2.10. The summed E-state index contributed by atoms with van der Waals surface area (Å²) in [4.78, 5) is 10.7. The first-order chi connectivity index (χ1) is 6.30. The Morgan fingerprint density at radius 1 is 2.00 bits per heavy atom. The first-order valence-corrected chi connectivity index (χ1v) is 2.33. The van der Waals surface area contributed by atoms with Crippen molar-refractivity contribution in [2.75, 3.05) is 0 Å². The van der Waals surface area contributed by atoms with Gasteiger partial charge in [-0.25, -0.2) is 0 Å². The normalized spacial score (nSPS) is 51.8. The number of allylic oxidation sites excluding steroid dienone is 3. The van der Waals surface area contributed by atoms with E-state index in [0.717, 1.165) is 0 Å². The van der Waals surface area contributed by atoms with E-state index in [1.807, 2.05) is 0 Å². The van der Waals surface area contributed by atoms with Gasteiger partial charge >= 0.3 is 5.97 Å². The van der Waals surface area contributed by atoms with Crippen LogP contribution in [0.3, 0.4) is 0 Å². The summed E-state index contributed by atoms with van der Waals surface area (Å²) >= 11 is 0. The highest BCUT2D eigenvalue weighted by Crippen LogP contribution is 2.10. The Balaban J connectivity index is 3.27. The van der Waals surface area contributed by atoms with Crippen LogP contribution in [0.2, 0.25) is 0 Å². The molecule has 0 aromatic heterocycles. The van der Waals surface area contributed by atoms with Gasteiger partial charge in [-0.1, -0.05) is 24.2 Å². The van der Waals surface area contributed by atoms with Crippen LogP contribution < -0.4 is 0 Å². The largest absolute Gasteiger partial charge is 0.481 e. The highest BCUT2D eigenvalue weighted by atomic mass is 16.4. The maximum absolute atomic E-state index is 10.7. The highest BCUT2D eigenvalue weighted by Gasteiger charge is 2.12. The fraction of sp³-hybridized carbons (Fsp3) is 0.286. The maximum atomic E-state index is 10.7. The molecule has 2 atom stereocenters. The van der Waals surface area contributed by atoms with E-state index < -0.39 is 36.4 Å². The SMILES string of the molecule is [2H]C1=CC([2H])(C(=O)O)C([2H])C([2H])=C1[2H]. The van der Waals surface area contributed by atoms with Crippen molar-refractivity contribution in [1.82, 2.24) is 0 Å². The van der Waals surface area contributed by atoms with E-state index >= 15 is 0 Å². The number of carboxylic acid groups (broad SMARTS) is 1. The number of carbonyl (C=O) groups is 1. The zero-order valence-corrected chi connectivity index (χ0v) is 4.51. The molecule has 0 aliphatic heterocycles. The summed E-state index contributed by atoms with van der Waals surface area (Å²) < 4.78 is 36.3. The van der Waals surface area contributed by atoms with Gasteiger partial charge in [0.15, 0.2) is 0 Å². The predicted octanol–water partition coefficient (Wildman–Crippen LogP) is 1.20. The zero-order chi connectivity index (χ0) is 11.1. The molecule has 2 unspecified atom stereocenters. The number of hydrogen-bond donors (Lipinski definition) is 1. The van der Waals surface area contributed by atoms with Gasteiger partial charge in [0.1, 0.15) is 0 Å². The molecule has 0 saturated carbocycles. The number of aliphatic carboxylic acids is 1. The molecular formula is C7H8O2. The molecule has 0 bridgehead atoms. The number of hydrogen-bond acceptors (Lipinski definition) is 1. The van der Waals surface area contributed by atoms with E-state index in [1.165, 1.54) is 0 Å². The van der Waals surface area contributed by atoms with Crippen molar-refractivity contribution in [3.63, 3.8) is 0 Å². The fourth-order valence-corrected chi connectivity index (χ4v) is 0.434. The molecule has 1 N–H and O–H groups in total. The zero-order valence-electron chi connectivity index (χ0n) is 9.51. The second-order valence-corrected chi connectivity index (χ2v) is 1.46. The van der Waals surface area contributed by atoms with Gasteiger partial charge in [0.25, 0.3) is 0 Å². The Hall–Kier alpha value is -1.05. The minimum atomic E-state index is -2.32. The van der Waals surface area contributed by atoms with Gasteiger partial charge in [0.2, 0.25) is 0 Å². The van der Waals surface area contributed by atoms with Crippen molar-refractivity contribution >= 4 is 5.97 Å². The average molecular weight is 129 g/mol. The Morgan fingerprint density at radius 3 is 3.44 bits per heavy atom. The molecule has 0 spiro atoms. The van der Waals surface area contributed by atoms with Crippen molar-refractivity contribution in [2.24, 2.45) is 5.89 Å². The molecule has 0 radical (unpaired) electrons. The minimum absolute atomic E-state index is 0.490. The summed E-state index contributed by atoms with van der Waals surface area (Å²) in [6.07, 6.45) is -0.936. The van der Waals surface area contributed by atoms with Crippen LogP contribution in [0.25, 0.3) is 0 Å². The Bertz CT molecular complexity index is 348. The second-order valence-electron chi connectivity index (χ2n) is 1.46. The van der Waals surface area contributed by atoms with Crippen LogP contribution in [0.5, 0.6) is 0 Å². The summed E-state index contributed by atoms with van der Waals surface area (Å²) in [5, 5.41) is 8.69. The maximum Gasteiger partial charge on any atom is 0.310 e. The molecule has 0 aromatic carbocycles. The van der Waals surface area contributed by atoms with E-state index in [0.29, 0.717) is 6.08 Å². The van der Waals surface area contributed by atoms with Crippen molar-refractivity contribution in [3.8, 4) is 0 Å². The first kappa shape index (κ1) is 2.29. The summed E-state index contributed by atoms with van der Waals surface area (Å²) in [5.74, 6) is -3.90. The molecule has 48 valence electrons. The lowest BCUT2D eigenvalue weighted by molar-refractivity contribution is -0.139. The first-order valence-electron chi connectivity index (χ1n) is 4.91. The molecule has 1 aliphatic rings. The van der Waals surface area contributed by atoms with Crippen LogP contribution in [0.1, 0.15) is 13.3 Å². The molecular weight excluding hydrogens is 116 g/mol. The third-order valence-corrected chi connectivity index (χ3v) is 0.847. The number of rotatable bonds is 1. The summed E-state index contributed by atoms with van der Waals surface area (Å²) in [5.41, 5.74) is 0. The molecule has 0 amide bonds. The monoisotopic (exact) mass is 129 g/mol. The number of carboxylic acids is 1. The standard InChI is InChI=1S/C7H8O2/c8-7(9)6-4-2-1-3-5-6/h1-4,6H,5H2,(H,8,9)/i1D,2D,3D,5D,6D. The Morgan fingerprint density at radius 2 is 2.78 bits per heavy atom. The van der Waals surface area contributed by atoms with Crippen LogP contribution in [-0.4, -0.2) is 11.1 Å². The van der Waals surface area contributed by atoms with Crippen LogP contribution in [-0.2, 0) is 4.79 Å². The molecule has 1 aliphatic carbocycles. The van der Waals surface area contributed by atoms with Gasteiger partial charge in [0, 0.05) is 2.74 Å². The molecule has 0 aromatic rings. The lowest BCUT2D eigenvalue weighted by atomic mass is 10.0. The third kappa shape index (κ3) is 1.42. The van der Waals surface area contributed by atoms with Crippen LogP contribution in [0.4, 0.5) is 0 Å². The Kier molecular flexibility index (Phi) is 0.632. The van der Waals surface area contributed by atoms with Crippen molar-refractivity contribution in [3.05, 3.63) is 24.2 Å². The van der Waals surface area contributed by atoms with E-state index in [1.54, 1.807) is 0 Å². The average Bonchev–Trinajstić information content (AvgIpc) is 2.11. The van der Waals surface area contributed by atoms with Gasteiger partial charge < -0.3 is 5.11 Å². The molecule has 2 heteroatoms. The smallest absolute Gasteiger partial charge is 0.310 e. The van der Waals surface area contributed by atoms with E-state index in [2.05, 4.69) is 0 Å². The molecule has 9 heavy (non-hydrogen) atoms. The topological polar surface area (TPSA) is 37.3 Å². The van der Waals surface area contributed by atoms with E-state index in [-0.39, 0.29) is 0 Å². The van der Waals surface area contributed by atoms with Crippen molar-refractivity contribution in [2.45, 2.75) is 6.40 Å². The van der Waals surface area contributed by atoms with E-state index in [9.17, 15) is 4.79 Å². The summed E-state index contributed by atoms with van der Waals surface area (Å²) in [6.45, 7) is 0. The van der Waals surface area contributed by atoms with Crippen molar-refractivity contribution < 1.29 is 16.8 Å². The third-order valence-electron chi connectivity index (χ3n) is 0.847. The molecule has 2 nitrogen and oxygen atoms in total. The summed E-state index contributed by atoms with van der Waals surface area (Å²) in [6, 6.07) is -1.58. The van der Waals surface area contributed by atoms with Crippen LogP contribution in [0, 0.1) is 5.89 Å². The Labute approximate surface area is 60.5 Å². The van der Waals surface area contributed by atoms with Gasteiger partial charge in [-0.2, -0.15) is 0 Å². The van der Waals surface area contributed by atoms with Gasteiger partial charge in [-0.3, -0.25) is 4.79 Å². The molecule has 0 heterocycles. The second kappa shape index (κ2) is 2.49. The van der Waals surface area contributed by atoms with Gasteiger partial charge in [-0.05, 0) is 6.40 Å². The minimum Gasteiger partial charge on any atom is -0.481 e.